The first kappa shape index (κ1) is 11.4. The molecule has 2 unspecified atom stereocenters. The van der Waals surface area contributed by atoms with Gasteiger partial charge < -0.3 is 10.2 Å². The highest BCUT2D eigenvalue weighted by Crippen LogP contribution is 2.30. The van der Waals surface area contributed by atoms with E-state index < -0.39 is 5.41 Å². The van der Waals surface area contributed by atoms with Crippen LogP contribution >= 0.6 is 0 Å². The zero-order chi connectivity index (χ0) is 11.8. The van der Waals surface area contributed by atoms with Crippen LogP contribution < -0.4 is 5.32 Å². The predicted molar refractivity (Wildman–Crippen MR) is 60.8 cm³/mol. The van der Waals surface area contributed by atoms with Crippen LogP contribution in [0.15, 0.2) is 0 Å². The Morgan fingerprint density at radius 1 is 1.50 bits per heavy atom. The average molecular weight is 224 g/mol. The van der Waals surface area contributed by atoms with Crippen LogP contribution in [0.4, 0.5) is 0 Å². The summed E-state index contributed by atoms with van der Waals surface area (Å²) in [5.74, 6) is 0.151. The molecule has 4 nitrogen and oxygen atoms in total. The lowest BCUT2D eigenvalue weighted by Crippen LogP contribution is -2.49. The smallest absolute Gasteiger partial charge is 0.231 e. The molecule has 2 fully saturated rings. The Morgan fingerprint density at radius 3 is 2.81 bits per heavy atom. The summed E-state index contributed by atoms with van der Waals surface area (Å²) in [4.78, 5) is 25.6. The largest absolute Gasteiger partial charge is 0.355 e. The van der Waals surface area contributed by atoms with Crippen LogP contribution in [0.25, 0.3) is 0 Å². The maximum Gasteiger partial charge on any atom is 0.231 e. The monoisotopic (exact) mass is 224 g/mol. The summed E-state index contributed by atoms with van der Waals surface area (Å²) in [6.45, 7) is 5.34. The van der Waals surface area contributed by atoms with E-state index in [0.29, 0.717) is 19.0 Å². The Kier molecular flexibility index (Phi) is 2.91. The number of carbonyl (C=O) groups excluding carboxylic acids is 2. The van der Waals surface area contributed by atoms with E-state index in [9.17, 15) is 9.59 Å². The molecule has 90 valence electrons. The van der Waals surface area contributed by atoms with Crippen LogP contribution in [0.2, 0.25) is 0 Å². The van der Waals surface area contributed by atoms with Crippen molar-refractivity contribution in [1.82, 2.24) is 10.2 Å². The predicted octanol–water partition coefficient (Wildman–Crippen LogP) is 0.914. The average Bonchev–Trinajstić information content (AvgIpc) is 2.60. The van der Waals surface area contributed by atoms with Crippen molar-refractivity contribution in [3.8, 4) is 0 Å². The number of rotatable bonds is 1. The lowest BCUT2D eigenvalue weighted by Gasteiger charge is -2.38. The van der Waals surface area contributed by atoms with E-state index in [-0.39, 0.29) is 11.8 Å². The van der Waals surface area contributed by atoms with E-state index in [4.69, 9.17) is 0 Å². The minimum absolute atomic E-state index is 0.000475. The van der Waals surface area contributed by atoms with E-state index in [2.05, 4.69) is 12.2 Å². The molecule has 16 heavy (non-hydrogen) atoms. The molecule has 2 amide bonds. The van der Waals surface area contributed by atoms with Crippen LogP contribution in [0.5, 0.6) is 0 Å². The molecule has 2 aliphatic rings. The van der Waals surface area contributed by atoms with Gasteiger partial charge in [0.25, 0.3) is 0 Å². The fraction of sp³-hybridized carbons (Fsp3) is 0.833. The van der Waals surface area contributed by atoms with E-state index in [1.54, 1.807) is 0 Å². The van der Waals surface area contributed by atoms with Gasteiger partial charge in [-0.2, -0.15) is 0 Å². The summed E-state index contributed by atoms with van der Waals surface area (Å²) in [5, 5.41) is 2.76. The van der Waals surface area contributed by atoms with Gasteiger partial charge in [0.15, 0.2) is 0 Å². The van der Waals surface area contributed by atoms with E-state index in [1.807, 2.05) is 11.8 Å². The van der Waals surface area contributed by atoms with Crippen molar-refractivity contribution in [2.45, 2.75) is 45.6 Å². The highest BCUT2D eigenvalue weighted by Gasteiger charge is 2.44. The molecule has 2 rings (SSSR count). The SMILES string of the molecule is CC1CCCCN1C(=O)C1(C)CNC(=O)C1. The van der Waals surface area contributed by atoms with Crippen molar-refractivity contribution in [3.05, 3.63) is 0 Å². The summed E-state index contributed by atoms with van der Waals surface area (Å²) < 4.78 is 0. The molecule has 2 atom stereocenters. The van der Waals surface area contributed by atoms with E-state index in [0.717, 1.165) is 19.4 Å². The number of nitrogens with one attached hydrogen (secondary N) is 1. The zero-order valence-electron chi connectivity index (χ0n) is 10.1. The topological polar surface area (TPSA) is 49.4 Å². The summed E-state index contributed by atoms with van der Waals surface area (Å²) in [7, 11) is 0. The van der Waals surface area contributed by atoms with Crippen LogP contribution in [-0.4, -0.2) is 35.8 Å². The second-order valence-corrected chi connectivity index (χ2v) is 5.36. The molecule has 0 aromatic carbocycles. The van der Waals surface area contributed by atoms with Gasteiger partial charge in [0.2, 0.25) is 11.8 Å². The second kappa shape index (κ2) is 4.07. The molecule has 0 spiro atoms. The van der Waals surface area contributed by atoms with Crippen LogP contribution in [-0.2, 0) is 9.59 Å². The highest BCUT2D eigenvalue weighted by molar-refractivity contribution is 5.92. The second-order valence-electron chi connectivity index (χ2n) is 5.36. The number of hydrogen-bond acceptors (Lipinski definition) is 2. The minimum atomic E-state index is -0.511. The van der Waals surface area contributed by atoms with Gasteiger partial charge >= 0.3 is 0 Å². The Morgan fingerprint density at radius 2 is 2.25 bits per heavy atom. The number of hydrogen-bond donors (Lipinski definition) is 1. The molecule has 0 radical (unpaired) electrons. The molecule has 2 saturated heterocycles. The Labute approximate surface area is 96.4 Å². The molecular formula is C12H20N2O2. The van der Waals surface area contributed by atoms with Gasteiger partial charge in [-0.25, -0.2) is 0 Å². The van der Waals surface area contributed by atoms with Gasteiger partial charge in [-0.05, 0) is 33.1 Å². The summed E-state index contributed by atoms with van der Waals surface area (Å²) >= 11 is 0. The standard InChI is InChI=1S/C12H20N2O2/c1-9-5-3-4-6-14(9)11(16)12(2)7-10(15)13-8-12/h9H,3-8H2,1-2H3,(H,13,15). The molecule has 0 aromatic heterocycles. The maximum absolute atomic E-state index is 12.4. The fourth-order valence-corrected chi connectivity index (χ4v) is 2.67. The van der Waals surface area contributed by atoms with Gasteiger partial charge in [-0.3, -0.25) is 9.59 Å². The van der Waals surface area contributed by atoms with Crippen LogP contribution in [0.1, 0.15) is 39.5 Å². The minimum Gasteiger partial charge on any atom is -0.355 e. The van der Waals surface area contributed by atoms with Gasteiger partial charge in [0.1, 0.15) is 0 Å². The first-order valence-electron chi connectivity index (χ1n) is 6.11. The summed E-state index contributed by atoms with van der Waals surface area (Å²) in [6, 6.07) is 0.328. The summed E-state index contributed by atoms with van der Waals surface area (Å²) in [5.41, 5.74) is -0.511. The molecule has 0 aliphatic carbocycles. The molecular weight excluding hydrogens is 204 g/mol. The van der Waals surface area contributed by atoms with Crippen LogP contribution in [0.3, 0.4) is 0 Å². The van der Waals surface area contributed by atoms with Crippen molar-refractivity contribution in [3.63, 3.8) is 0 Å². The van der Waals surface area contributed by atoms with Crippen molar-refractivity contribution in [2.75, 3.05) is 13.1 Å². The molecule has 4 heteroatoms. The molecule has 1 N–H and O–H groups in total. The number of piperidine rings is 1. The quantitative estimate of drug-likeness (QED) is 0.720. The Bertz CT molecular complexity index is 316. The normalized spacial score (nSPS) is 35.0. The number of likely N-dealkylation sites (tertiary alicyclic amines) is 1. The first-order valence-corrected chi connectivity index (χ1v) is 6.11. The van der Waals surface area contributed by atoms with Crippen molar-refractivity contribution in [2.24, 2.45) is 5.41 Å². The Balaban J connectivity index is 2.08. The fourth-order valence-electron chi connectivity index (χ4n) is 2.67. The third-order valence-electron chi connectivity index (χ3n) is 3.81. The van der Waals surface area contributed by atoms with Crippen LogP contribution in [0, 0.1) is 5.41 Å². The number of nitrogens with zero attached hydrogens (tertiary/aromatic N) is 1. The summed E-state index contributed by atoms with van der Waals surface area (Å²) in [6.07, 6.45) is 3.73. The third kappa shape index (κ3) is 1.93. The maximum atomic E-state index is 12.4. The van der Waals surface area contributed by atoms with Crippen molar-refractivity contribution in [1.29, 1.82) is 0 Å². The number of carbonyl (C=O) groups is 2. The zero-order valence-corrected chi connectivity index (χ0v) is 10.1. The molecule has 2 heterocycles. The van der Waals surface area contributed by atoms with E-state index >= 15 is 0 Å². The van der Waals surface area contributed by atoms with Crippen molar-refractivity contribution < 1.29 is 9.59 Å². The molecule has 0 aromatic rings. The van der Waals surface area contributed by atoms with Gasteiger partial charge in [0, 0.05) is 25.6 Å². The van der Waals surface area contributed by atoms with E-state index in [1.165, 1.54) is 6.42 Å². The lowest BCUT2D eigenvalue weighted by molar-refractivity contribution is -0.144. The molecule has 0 saturated carbocycles. The molecule has 0 bridgehead atoms. The highest BCUT2D eigenvalue weighted by atomic mass is 16.2. The van der Waals surface area contributed by atoms with Crippen molar-refractivity contribution >= 4 is 11.8 Å². The Hall–Kier alpha value is -1.06. The lowest BCUT2D eigenvalue weighted by atomic mass is 9.86. The van der Waals surface area contributed by atoms with Gasteiger partial charge in [0.05, 0.1) is 5.41 Å². The number of amides is 2. The molecule has 2 aliphatic heterocycles. The third-order valence-corrected chi connectivity index (χ3v) is 3.81. The first-order chi connectivity index (χ1) is 7.53. The van der Waals surface area contributed by atoms with Gasteiger partial charge in [-0.1, -0.05) is 0 Å². The van der Waals surface area contributed by atoms with Gasteiger partial charge in [-0.15, -0.1) is 0 Å².